The van der Waals surface area contributed by atoms with Gasteiger partial charge in [-0.3, -0.25) is 4.79 Å². The second-order valence-corrected chi connectivity index (χ2v) is 2.44. The van der Waals surface area contributed by atoms with Gasteiger partial charge in [0.25, 0.3) is 0 Å². The van der Waals surface area contributed by atoms with Crippen molar-refractivity contribution in [3.05, 3.63) is 0 Å². The van der Waals surface area contributed by atoms with E-state index in [1.54, 1.807) is 0 Å². The first-order valence-electron chi connectivity index (χ1n) is 3.29. The highest BCUT2D eigenvalue weighted by molar-refractivity contribution is 5.85. The molecule has 5 heteroatoms. The van der Waals surface area contributed by atoms with Crippen LogP contribution in [0, 0.1) is 5.92 Å². The standard InChI is InChI=1S/C6H12N2O.2ClH/c7-3-5-1-2-6(9)8-4-5;;/h5H,1-4,7H2,(H,8,9);2*1H. The van der Waals surface area contributed by atoms with Crippen molar-refractivity contribution in [1.29, 1.82) is 0 Å². The van der Waals surface area contributed by atoms with E-state index < -0.39 is 0 Å². The van der Waals surface area contributed by atoms with Crippen LogP contribution in [-0.2, 0) is 4.79 Å². The number of hydrogen-bond acceptors (Lipinski definition) is 2. The van der Waals surface area contributed by atoms with E-state index >= 15 is 0 Å². The minimum atomic E-state index is 0. The topological polar surface area (TPSA) is 55.1 Å². The Balaban J connectivity index is 0. The molecule has 0 spiro atoms. The summed E-state index contributed by atoms with van der Waals surface area (Å²) in [7, 11) is 0. The molecule has 0 radical (unpaired) electrons. The van der Waals surface area contributed by atoms with Gasteiger partial charge < -0.3 is 11.1 Å². The average molecular weight is 201 g/mol. The highest BCUT2D eigenvalue weighted by atomic mass is 35.5. The maximum Gasteiger partial charge on any atom is 0.220 e. The van der Waals surface area contributed by atoms with Gasteiger partial charge in [0.1, 0.15) is 0 Å². The lowest BCUT2D eigenvalue weighted by molar-refractivity contribution is -0.122. The van der Waals surface area contributed by atoms with Crippen LogP contribution >= 0.6 is 24.8 Å². The Kier molecular flexibility index (Phi) is 8.28. The van der Waals surface area contributed by atoms with Crippen molar-refractivity contribution in [1.82, 2.24) is 5.32 Å². The van der Waals surface area contributed by atoms with E-state index in [0.29, 0.717) is 18.9 Å². The number of nitrogens with one attached hydrogen (secondary N) is 1. The minimum Gasteiger partial charge on any atom is -0.356 e. The smallest absolute Gasteiger partial charge is 0.220 e. The molecule has 1 amide bonds. The molecule has 3 nitrogen and oxygen atoms in total. The fourth-order valence-corrected chi connectivity index (χ4v) is 0.985. The Bertz CT molecular complexity index is 111. The molecule has 0 aliphatic carbocycles. The molecule has 0 aromatic heterocycles. The van der Waals surface area contributed by atoms with Crippen LogP contribution in [0.5, 0.6) is 0 Å². The van der Waals surface area contributed by atoms with Gasteiger partial charge in [-0.15, -0.1) is 24.8 Å². The summed E-state index contributed by atoms with van der Waals surface area (Å²) < 4.78 is 0. The molecular formula is C6H14Cl2N2O. The fourth-order valence-electron chi connectivity index (χ4n) is 0.985. The zero-order valence-electron chi connectivity index (χ0n) is 6.21. The van der Waals surface area contributed by atoms with Crippen LogP contribution in [-0.4, -0.2) is 19.0 Å². The third-order valence-electron chi connectivity index (χ3n) is 1.70. The number of hydrogen-bond donors (Lipinski definition) is 2. The maximum atomic E-state index is 10.6. The highest BCUT2D eigenvalue weighted by Gasteiger charge is 2.15. The molecule has 1 atom stereocenters. The summed E-state index contributed by atoms with van der Waals surface area (Å²) in [5.74, 6) is 0.683. The Morgan fingerprint density at radius 2 is 2.18 bits per heavy atom. The van der Waals surface area contributed by atoms with Crippen molar-refractivity contribution >= 4 is 30.7 Å². The lowest BCUT2D eigenvalue weighted by Crippen LogP contribution is -2.37. The number of carbonyl (C=O) groups excluding carboxylic acids is 1. The molecule has 68 valence electrons. The van der Waals surface area contributed by atoms with Crippen molar-refractivity contribution in [3.8, 4) is 0 Å². The molecule has 1 rings (SSSR count). The van der Waals surface area contributed by atoms with Crippen LogP contribution in [0.3, 0.4) is 0 Å². The third kappa shape index (κ3) is 4.45. The van der Waals surface area contributed by atoms with E-state index in [9.17, 15) is 4.79 Å². The maximum absolute atomic E-state index is 10.6. The van der Waals surface area contributed by atoms with Gasteiger partial charge in [-0.25, -0.2) is 0 Å². The Labute approximate surface area is 78.9 Å². The second kappa shape index (κ2) is 6.70. The molecule has 1 fully saturated rings. The van der Waals surface area contributed by atoms with Crippen molar-refractivity contribution in [3.63, 3.8) is 0 Å². The molecule has 0 aromatic carbocycles. The predicted molar refractivity (Wildman–Crippen MR) is 49.3 cm³/mol. The molecule has 0 saturated carbocycles. The van der Waals surface area contributed by atoms with Gasteiger partial charge in [-0.1, -0.05) is 0 Å². The van der Waals surface area contributed by atoms with E-state index in [1.165, 1.54) is 0 Å². The monoisotopic (exact) mass is 200 g/mol. The quantitative estimate of drug-likeness (QED) is 0.641. The molecule has 0 bridgehead atoms. The number of piperidine rings is 1. The van der Waals surface area contributed by atoms with E-state index in [-0.39, 0.29) is 30.7 Å². The van der Waals surface area contributed by atoms with Gasteiger partial charge >= 0.3 is 0 Å². The van der Waals surface area contributed by atoms with Crippen LogP contribution in [0.15, 0.2) is 0 Å². The highest BCUT2D eigenvalue weighted by Crippen LogP contribution is 2.07. The Hall–Kier alpha value is 0.01000. The Morgan fingerprint density at radius 1 is 1.55 bits per heavy atom. The lowest BCUT2D eigenvalue weighted by atomic mass is 10.00. The minimum absolute atomic E-state index is 0. The Morgan fingerprint density at radius 3 is 2.55 bits per heavy atom. The van der Waals surface area contributed by atoms with Gasteiger partial charge in [0.2, 0.25) is 5.91 Å². The van der Waals surface area contributed by atoms with Gasteiger partial charge in [0.15, 0.2) is 0 Å². The van der Waals surface area contributed by atoms with E-state index in [2.05, 4.69) is 5.32 Å². The van der Waals surface area contributed by atoms with Crippen LogP contribution < -0.4 is 11.1 Å². The molecule has 1 aliphatic heterocycles. The lowest BCUT2D eigenvalue weighted by Gasteiger charge is -2.19. The van der Waals surface area contributed by atoms with Crippen molar-refractivity contribution in [2.24, 2.45) is 11.7 Å². The van der Waals surface area contributed by atoms with Crippen LogP contribution in [0.1, 0.15) is 12.8 Å². The van der Waals surface area contributed by atoms with E-state index in [1.807, 2.05) is 0 Å². The molecule has 3 N–H and O–H groups in total. The number of carbonyl (C=O) groups is 1. The van der Waals surface area contributed by atoms with Crippen molar-refractivity contribution in [2.45, 2.75) is 12.8 Å². The summed E-state index contributed by atoms with van der Waals surface area (Å²) in [6.07, 6.45) is 1.62. The SMILES string of the molecule is Cl.Cl.NCC1CCC(=O)NC1. The normalized spacial score (nSPS) is 22.6. The predicted octanol–water partition coefficient (Wildman–Crippen LogP) is 0.315. The summed E-state index contributed by atoms with van der Waals surface area (Å²) in [4.78, 5) is 10.6. The fraction of sp³-hybridized carbons (Fsp3) is 0.833. The first kappa shape index (κ1) is 13.6. The largest absolute Gasteiger partial charge is 0.356 e. The van der Waals surface area contributed by atoms with Crippen LogP contribution in [0.25, 0.3) is 0 Å². The van der Waals surface area contributed by atoms with E-state index in [0.717, 1.165) is 13.0 Å². The van der Waals surface area contributed by atoms with Crippen molar-refractivity contribution in [2.75, 3.05) is 13.1 Å². The van der Waals surface area contributed by atoms with Gasteiger partial charge in [-0.2, -0.15) is 0 Å². The zero-order chi connectivity index (χ0) is 6.69. The van der Waals surface area contributed by atoms with Gasteiger partial charge in [0, 0.05) is 13.0 Å². The van der Waals surface area contributed by atoms with Crippen LogP contribution in [0.4, 0.5) is 0 Å². The molecule has 0 aromatic rings. The third-order valence-corrected chi connectivity index (χ3v) is 1.70. The number of nitrogens with two attached hydrogens (primary N) is 1. The zero-order valence-corrected chi connectivity index (χ0v) is 7.84. The number of amides is 1. The summed E-state index contributed by atoms with van der Waals surface area (Å²) in [5.41, 5.74) is 5.40. The molecule has 1 heterocycles. The molecular weight excluding hydrogens is 187 g/mol. The summed E-state index contributed by atoms with van der Waals surface area (Å²) in [6, 6.07) is 0. The summed E-state index contributed by atoms with van der Waals surface area (Å²) in [6.45, 7) is 1.47. The molecule has 1 unspecified atom stereocenters. The molecule has 11 heavy (non-hydrogen) atoms. The average Bonchev–Trinajstić information content (AvgIpc) is 1.90. The van der Waals surface area contributed by atoms with Crippen molar-refractivity contribution < 1.29 is 4.79 Å². The van der Waals surface area contributed by atoms with Gasteiger partial charge in [0.05, 0.1) is 0 Å². The number of halogens is 2. The van der Waals surface area contributed by atoms with E-state index in [4.69, 9.17) is 5.73 Å². The first-order valence-corrected chi connectivity index (χ1v) is 3.29. The summed E-state index contributed by atoms with van der Waals surface area (Å²) in [5, 5.41) is 2.76. The first-order chi connectivity index (χ1) is 4.33. The van der Waals surface area contributed by atoms with Crippen LogP contribution in [0.2, 0.25) is 0 Å². The van der Waals surface area contributed by atoms with Gasteiger partial charge in [-0.05, 0) is 18.9 Å². The second-order valence-electron chi connectivity index (χ2n) is 2.44. The molecule has 1 saturated heterocycles. The molecule has 1 aliphatic rings. The summed E-state index contributed by atoms with van der Waals surface area (Å²) >= 11 is 0. The number of rotatable bonds is 1.